The van der Waals surface area contributed by atoms with Gasteiger partial charge in [0, 0.05) is 36.2 Å². The van der Waals surface area contributed by atoms with Gasteiger partial charge in [0.1, 0.15) is 0 Å². The van der Waals surface area contributed by atoms with Crippen LogP contribution in [0.4, 0.5) is 0 Å². The molecular weight excluding hydrogens is 262 g/mol. The molecular formula is C17H23N3O. The highest BCUT2D eigenvalue weighted by Gasteiger charge is 2.26. The van der Waals surface area contributed by atoms with Crippen LogP contribution in [-0.2, 0) is 11.2 Å². The summed E-state index contributed by atoms with van der Waals surface area (Å²) in [5.74, 6) is 0.246. The SMILES string of the molecule is CCCN(C(=O)Cc1c[nH]c2ccccc12)C1CCNC1. The van der Waals surface area contributed by atoms with Crippen LogP contribution in [0.15, 0.2) is 30.5 Å². The van der Waals surface area contributed by atoms with E-state index in [1.54, 1.807) is 0 Å². The van der Waals surface area contributed by atoms with Crippen molar-refractivity contribution >= 4 is 16.8 Å². The van der Waals surface area contributed by atoms with Crippen molar-refractivity contribution in [3.8, 4) is 0 Å². The minimum atomic E-state index is 0.246. The number of benzene rings is 1. The first-order valence-electron chi connectivity index (χ1n) is 7.84. The Morgan fingerprint density at radius 1 is 1.38 bits per heavy atom. The Morgan fingerprint density at radius 3 is 3.00 bits per heavy atom. The molecule has 1 aliphatic heterocycles. The molecule has 1 aromatic heterocycles. The van der Waals surface area contributed by atoms with Crippen LogP contribution in [0.5, 0.6) is 0 Å². The van der Waals surface area contributed by atoms with E-state index in [4.69, 9.17) is 0 Å². The predicted octanol–water partition coefficient (Wildman–Crippen LogP) is 2.31. The summed E-state index contributed by atoms with van der Waals surface area (Å²) in [5, 5.41) is 4.51. The van der Waals surface area contributed by atoms with Crippen LogP contribution in [0.1, 0.15) is 25.3 Å². The molecule has 2 aromatic rings. The third-order valence-electron chi connectivity index (χ3n) is 4.28. The number of rotatable bonds is 5. The molecule has 2 N–H and O–H groups in total. The smallest absolute Gasteiger partial charge is 0.227 e. The summed E-state index contributed by atoms with van der Waals surface area (Å²) < 4.78 is 0. The Kier molecular flexibility index (Phi) is 4.25. The third-order valence-corrected chi connectivity index (χ3v) is 4.28. The van der Waals surface area contributed by atoms with Crippen LogP contribution in [0.25, 0.3) is 10.9 Å². The van der Waals surface area contributed by atoms with Crippen molar-refractivity contribution in [1.29, 1.82) is 0 Å². The zero-order valence-electron chi connectivity index (χ0n) is 12.6. The van der Waals surface area contributed by atoms with E-state index in [9.17, 15) is 4.79 Å². The Bertz CT molecular complexity index is 613. The number of para-hydroxylation sites is 1. The van der Waals surface area contributed by atoms with Crippen LogP contribution in [0, 0.1) is 0 Å². The van der Waals surface area contributed by atoms with Crippen molar-refractivity contribution in [2.75, 3.05) is 19.6 Å². The van der Waals surface area contributed by atoms with Gasteiger partial charge in [0.2, 0.25) is 5.91 Å². The molecule has 1 amide bonds. The Balaban J connectivity index is 1.77. The third kappa shape index (κ3) is 2.95. The van der Waals surface area contributed by atoms with Gasteiger partial charge in [-0.3, -0.25) is 4.79 Å². The van der Waals surface area contributed by atoms with Crippen molar-refractivity contribution in [2.45, 2.75) is 32.2 Å². The maximum atomic E-state index is 12.7. The summed E-state index contributed by atoms with van der Waals surface area (Å²) in [7, 11) is 0. The molecule has 0 saturated carbocycles. The number of hydrogen-bond donors (Lipinski definition) is 2. The highest BCUT2D eigenvalue weighted by Crippen LogP contribution is 2.20. The van der Waals surface area contributed by atoms with Crippen molar-refractivity contribution in [2.24, 2.45) is 0 Å². The molecule has 1 fully saturated rings. The summed E-state index contributed by atoms with van der Waals surface area (Å²) in [6, 6.07) is 8.53. The standard InChI is InChI=1S/C17H23N3O/c1-2-9-20(14-7-8-18-12-14)17(21)10-13-11-19-16-6-4-3-5-15(13)16/h3-6,11,14,18-19H,2,7-10,12H2,1H3. The van der Waals surface area contributed by atoms with Gasteiger partial charge in [-0.1, -0.05) is 25.1 Å². The first kappa shape index (κ1) is 14.1. The number of nitrogens with zero attached hydrogens (tertiary/aromatic N) is 1. The normalized spacial score (nSPS) is 18.2. The lowest BCUT2D eigenvalue weighted by atomic mass is 10.1. The average Bonchev–Trinajstić information content (AvgIpc) is 3.15. The van der Waals surface area contributed by atoms with Crippen LogP contribution in [0.2, 0.25) is 0 Å². The van der Waals surface area contributed by atoms with Gasteiger partial charge in [-0.15, -0.1) is 0 Å². The molecule has 4 nitrogen and oxygen atoms in total. The van der Waals surface area contributed by atoms with Crippen molar-refractivity contribution in [1.82, 2.24) is 15.2 Å². The molecule has 1 unspecified atom stereocenters. The summed E-state index contributed by atoms with van der Waals surface area (Å²) in [6.07, 6.45) is 4.54. The van der Waals surface area contributed by atoms with Gasteiger partial charge in [0.15, 0.2) is 0 Å². The maximum Gasteiger partial charge on any atom is 0.227 e. The fourth-order valence-corrected chi connectivity index (χ4v) is 3.20. The van der Waals surface area contributed by atoms with E-state index < -0.39 is 0 Å². The number of hydrogen-bond acceptors (Lipinski definition) is 2. The number of nitrogens with one attached hydrogen (secondary N) is 2. The Hall–Kier alpha value is -1.81. The van der Waals surface area contributed by atoms with E-state index in [2.05, 4.69) is 28.2 Å². The van der Waals surface area contributed by atoms with Crippen LogP contribution >= 0.6 is 0 Å². The number of H-pyrrole nitrogens is 1. The zero-order chi connectivity index (χ0) is 14.7. The lowest BCUT2D eigenvalue weighted by Gasteiger charge is -2.28. The van der Waals surface area contributed by atoms with Gasteiger partial charge in [-0.25, -0.2) is 0 Å². The van der Waals surface area contributed by atoms with Crippen molar-refractivity contribution in [3.63, 3.8) is 0 Å². The number of aromatic nitrogens is 1. The summed E-state index contributed by atoms with van der Waals surface area (Å²) in [6.45, 7) is 4.94. The first-order chi connectivity index (χ1) is 10.3. The molecule has 2 heterocycles. The van der Waals surface area contributed by atoms with Crippen LogP contribution < -0.4 is 5.32 Å². The van der Waals surface area contributed by atoms with Crippen molar-refractivity contribution < 1.29 is 4.79 Å². The van der Waals surface area contributed by atoms with E-state index in [0.29, 0.717) is 12.5 Å². The molecule has 0 radical (unpaired) electrons. The monoisotopic (exact) mass is 285 g/mol. The van der Waals surface area contributed by atoms with E-state index in [1.807, 2.05) is 24.4 Å². The van der Waals surface area contributed by atoms with Crippen LogP contribution in [0.3, 0.4) is 0 Å². The van der Waals surface area contributed by atoms with E-state index in [0.717, 1.165) is 48.9 Å². The number of amides is 1. The van der Waals surface area contributed by atoms with E-state index >= 15 is 0 Å². The minimum Gasteiger partial charge on any atom is -0.361 e. The van der Waals surface area contributed by atoms with Crippen molar-refractivity contribution in [3.05, 3.63) is 36.0 Å². The summed E-state index contributed by atoms with van der Waals surface area (Å²) in [5.41, 5.74) is 2.20. The molecule has 21 heavy (non-hydrogen) atoms. The molecule has 0 spiro atoms. The van der Waals surface area contributed by atoms with Gasteiger partial charge >= 0.3 is 0 Å². The van der Waals surface area contributed by atoms with E-state index in [1.165, 1.54) is 0 Å². The highest BCUT2D eigenvalue weighted by molar-refractivity contribution is 5.89. The fraction of sp³-hybridized carbons (Fsp3) is 0.471. The molecule has 0 bridgehead atoms. The average molecular weight is 285 g/mol. The molecule has 1 aromatic carbocycles. The Labute approximate surface area is 125 Å². The highest BCUT2D eigenvalue weighted by atomic mass is 16.2. The second kappa shape index (κ2) is 6.31. The van der Waals surface area contributed by atoms with Gasteiger partial charge < -0.3 is 15.2 Å². The van der Waals surface area contributed by atoms with E-state index in [-0.39, 0.29) is 5.91 Å². The lowest BCUT2D eigenvalue weighted by Crippen LogP contribution is -2.42. The molecule has 1 atom stereocenters. The summed E-state index contributed by atoms with van der Waals surface area (Å²) >= 11 is 0. The molecule has 1 saturated heterocycles. The summed E-state index contributed by atoms with van der Waals surface area (Å²) in [4.78, 5) is 18.0. The number of carbonyl (C=O) groups is 1. The van der Waals surface area contributed by atoms with Gasteiger partial charge in [-0.2, -0.15) is 0 Å². The fourth-order valence-electron chi connectivity index (χ4n) is 3.20. The molecule has 1 aliphatic rings. The van der Waals surface area contributed by atoms with Gasteiger partial charge in [0.05, 0.1) is 6.42 Å². The molecule has 4 heteroatoms. The second-order valence-electron chi connectivity index (χ2n) is 5.77. The zero-order valence-corrected chi connectivity index (χ0v) is 12.6. The quantitative estimate of drug-likeness (QED) is 0.885. The Morgan fingerprint density at radius 2 is 2.24 bits per heavy atom. The number of carbonyl (C=O) groups excluding carboxylic acids is 1. The lowest BCUT2D eigenvalue weighted by molar-refractivity contribution is -0.132. The molecule has 112 valence electrons. The minimum absolute atomic E-state index is 0.246. The second-order valence-corrected chi connectivity index (χ2v) is 5.77. The molecule has 3 rings (SSSR count). The maximum absolute atomic E-state index is 12.7. The first-order valence-corrected chi connectivity index (χ1v) is 7.84. The largest absolute Gasteiger partial charge is 0.361 e. The van der Waals surface area contributed by atoms with Gasteiger partial charge in [0.25, 0.3) is 0 Å². The number of fused-ring (bicyclic) bond motifs is 1. The van der Waals surface area contributed by atoms with Gasteiger partial charge in [-0.05, 0) is 31.0 Å². The van der Waals surface area contributed by atoms with Crippen LogP contribution in [-0.4, -0.2) is 41.5 Å². The predicted molar refractivity (Wildman–Crippen MR) is 85.3 cm³/mol. The molecule has 0 aliphatic carbocycles. The number of aromatic amines is 1. The topological polar surface area (TPSA) is 48.1 Å².